The zero-order valence-corrected chi connectivity index (χ0v) is 19.3. The van der Waals surface area contributed by atoms with Crippen molar-refractivity contribution in [3.05, 3.63) is 53.6 Å². The maximum absolute atomic E-state index is 13.3. The second kappa shape index (κ2) is 11.2. The van der Waals surface area contributed by atoms with Gasteiger partial charge in [-0.3, -0.25) is 4.79 Å². The van der Waals surface area contributed by atoms with Crippen LogP contribution in [0.2, 0.25) is 0 Å². The molecule has 0 heterocycles. The fourth-order valence-corrected chi connectivity index (χ4v) is 3.80. The molecule has 176 valence electrons. The van der Waals surface area contributed by atoms with Gasteiger partial charge in [0.15, 0.2) is 23.1 Å². The van der Waals surface area contributed by atoms with E-state index in [0.29, 0.717) is 30.1 Å². The molecule has 2 N–H and O–H groups in total. The molecule has 1 amide bonds. The second-order valence-electron chi connectivity index (χ2n) is 7.63. The molecule has 2 aromatic carbocycles. The van der Waals surface area contributed by atoms with Gasteiger partial charge < -0.3 is 14.8 Å². The Balaban J connectivity index is 1.91. The molecule has 0 aliphatic rings. The molecule has 0 aliphatic heterocycles. The van der Waals surface area contributed by atoms with Gasteiger partial charge in [0, 0.05) is 13.0 Å². The van der Waals surface area contributed by atoms with Gasteiger partial charge in [-0.15, -0.1) is 0 Å². The third-order valence-electron chi connectivity index (χ3n) is 4.48. The molecule has 1 atom stereocenters. The van der Waals surface area contributed by atoms with E-state index in [9.17, 15) is 22.0 Å². The highest BCUT2D eigenvalue weighted by Crippen LogP contribution is 2.30. The van der Waals surface area contributed by atoms with Crippen molar-refractivity contribution in [2.45, 2.75) is 38.1 Å². The zero-order chi connectivity index (χ0) is 23.9. The molecule has 0 aromatic heterocycles. The lowest BCUT2D eigenvalue weighted by Crippen LogP contribution is -2.32. The van der Waals surface area contributed by atoms with Gasteiger partial charge in [-0.2, -0.15) is 0 Å². The van der Waals surface area contributed by atoms with Crippen LogP contribution in [0.4, 0.5) is 8.78 Å². The summed E-state index contributed by atoms with van der Waals surface area (Å²) < 4.78 is 63.9. The molecule has 0 fully saturated rings. The summed E-state index contributed by atoms with van der Waals surface area (Å²) in [6, 6.07) is 7.26. The SMILES string of the molecule is COc1cc(C(C)NC(=O)CCNS(=O)(=O)c2ccc(F)c(F)c2)ccc1OCC(C)C. The molecule has 0 saturated heterocycles. The van der Waals surface area contributed by atoms with Crippen LogP contribution in [0.3, 0.4) is 0 Å². The minimum absolute atomic E-state index is 0.139. The Hall–Kier alpha value is -2.72. The van der Waals surface area contributed by atoms with Crippen molar-refractivity contribution in [3.8, 4) is 11.5 Å². The van der Waals surface area contributed by atoms with Gasteiger partial charge in [0.2, 0.25) is 15.9 Å². The standard InChI is InChI=1S/C22H28F2N2O5S/c1-14(2)13-31-20-8-5-16(11-21(20)30-4)15(3)26-22(27)9-10-25-32(28,29)17-6-7-18(23)19(24)12-17/h5-8,11-12,14-15,25H,9-10,13H2,1-4H3,(H,26,27). The van der Waals surface area contributed by atoms with Crippen molar-refractivity contribution in [1.29, 1.82) is 0 Å². The van der Waals surface area contributed by atoms with E-state index in [1.54, 1.807) is 19.1 Å². The van der Waals surface area contributed by atoms with Gasteiger partial charge in [-0.25, -0.2) is 21.9 Å². The zero-order valence-electron chi connectivity index (χ0n) is 18.4. The van der Waals surface area contributed by atoms with Gasteiger partial charge in [0.25, 0.3) is 0 Å². The number of carbonyl (C=O) groups excluding carboxylic acids is 1. The number of sulfonamides is 1. The van der Waals surface area contributed by atoms with Gasteiger partial charge in [0.1, 0.15) is 0 Å². The molecule has 0 spiro atoms. The number of amides is 1. The third-order valence-corrected chi connectivity index (χ3v) is 5.94. The van der Waals surface area contributed by atoms with Crippen molar-refractivity contribution in [1.82, 2.24) is 10.0 Å². The van der Waals surface area contributed by atoms with Gasteiger partial charge in [-0.1, -0.05) is 19.9 Å². The number of hydrogen-bond donors (Lipinski definition) is 2. The van der Waals surface area contributed by atoms with Crippen molar-refractivity contribution in [2.24, 2.45) is 5.92 Å². The number of halogens is 2. The minimum Gasteiger partial charge on any atom is -0.493 e. The van der Waals surface area contributed by atoms with Gasteiger partial charge in [-0.05, 0) is 48.7 Å². The number of nitrogens with one attached hydrogen (secondary N) is 2. The Morgan fingerprint density at radius 3 is 2.38 bits per heavy atom. The summed E-state index contributed by atoms with van der Waals surface area (Å²) in [6.45, 7) is 6.20. The van der Waals surface area contributed by atoms with Crippen LogP contribution < -0.4 is 19.5 Å². The van der Waals surface area contributed by atoms with E-state index in [1.165, 1.54) is 7.11 Å². The topological polar surface area (TPSA) is 93.7 Å². The first-order valence-electron chi connectivity index (χ1n) is 10.1. The normalized spacial score (nSPS) is 12.5. The maximum atomic E-state index is 13.3. The number of hydrogen-bond acceptors (Lipinski definition) is 5. The largest absolute Gasteiger partial charge is 0.493 e. The average Bonchev–Trinajstić information content (AvgIpc) is 2.73. The first-order chi connectivity index (χ1) is 15.0. The average molecular weight is 471 g/mol. The molecule has 10 heteroatoms. The van der Waals surface area contributed by atoms with Crippen LogP contribution in [0.25, 0.3) is 0 Å². The van der Waals surface area contributed by atoms with Crippen LogP contribution in [0, 0.1) is 17.6 Å². The van der Waals surface area contributed by atoms with Crippen molar-refractivity contribution in [3.63, 3.8) is 0 Å². The number of ether oxygens (including phenoxy) is 2. The molecule has 1 unspecified atom stereocenters. The molecule has 0 bridgehead atoms. The predicted octanol–water partition coefficient (Wildman–Crippen LogP) is 3.55. The van der Waals surface area contributed by atoms with Crippen LogP contribution in [-0.4, -0.2) is 34.6 Å². The van der Waals surface area contributed by atoms with Crippen LogP contribution in [-0.2, 0) is 14.8 Å². The summed E-state index contributed by atoms with van der Waals surface area (Å²) in [5.41, 5.74) is 0.787. The highest BCUT2D eigenvalue weighted by atomic mass is 32.2. The number of rotatable bonds is 11. The Labute approximate surface area is 187 Å². The van der Waals surface area contributed by atoms with E-state index in [4.69, 9.17) is 9.47 Å². The van der Waals surface area contributed by atoms with Crippen LogP contribution in [0.15, 0.2) is 41.3 Å². The second-order valence-corrected chi connectivity index (χ2v) is 9.39. The summed E-state index contributed by atoms with van der Waals surface area (Å²) in [5.74, 6) is -1.29. The molecule has 2 aromatic rings. The highest BCUT2D eigenvalue weighted by molar-refractivity contribution is 7.89. The van der Waals surface area contributed by atoms with E-state index >= 15 is 0 Å². The lowest BCUT2D eigenvalue weighted by Gasteiger charge is -2.18. The summed E-state index contributed by atoms with van der Waals surface area (Å²) in [6.07, 6.45) is -0.139. The number of carbonyl (C=O) groups is 1. The van der Waals surface area contributed by atoms with Crippen LogP contribution in [0.5, 0.6) is 11.5 Å². The highest BCUT2D eigenvalue weighted by Gasteiger charge is 2.18. The first-order valence-corrected chi connectivity index (χ1v) is 11.6. The van der Waals surface area contributed by atoms with Crippen LogP contribution in [0.1, 0.15) is 38.8 Å². The number of methoxy groups -OCH3 is 1. The smallest absolute Gasteiger partial charge is 0.240 e. The van der Waals surface area contributed by atoms with Crippen molar-refractivity contribution >= 4 is 15.9 Å². The quantitative estimate of drug-likeness (QED) is 0.524. The molecular formula is C22H28F2N2O5S. The van der Waals surface area contributed by atoms with E-state index < -0.39 is 26.6 Å². The molecule has 2 rings (SSSR count). The molecule has 7 nitrogen and oxygen atoms in total. The summed E-state index contributed by atoms with van der Waals surface area (Å²) >= 11 is 0. The molecular weight excluding hydrogens is 442 g/mol. The van der Waals surface area contributed by atoms with Crippen molar-refractivity contribution < 1.29 is 31.5 Å². The summed E-state index contributed by atoms with van der Waals surface area (Å²) in [7, 11) is -2.54. The van der Waals surface area contributed by atoms with E-state index in [1.807, 2.05) is 19.9 Å². The monoisotopic (exact) mass is 470 g/mol. The fourth-order valence-electron chi connectivity index (χ4n) is 2.75. The Kier molecular flexibility index (Phi) is 8.97. The van der Waals surface area contributed by atoms with Crippen molar-refractivity contribution in [2.75, 3.05) is 20.3 Å². The van der Waals surface area contributed by atoms with Gasteiger partial charge in [0.05, 0.1) is 24.7 Å². The molecule has 0 radical (unpaired) electrons. The van der Waals surface area contributed by atoms with Gasteiger partial charge >= 0.3 is 0 Å². The van der Waals surface area contributed by atoms with E-state index in [2.05, 4.69) is 10.0 Å². The predicted molar refractivity (Wildman–Crippen MR) is 116 cm³/mol. The Bertz CT molecular complexity index is 1040. The van der Waals surface area contributed by atoms with E-state index in [0.717, 1.165) is 17.7 Å². The lowest BCUT2D eigenvalue weighted by atomic mass is 10.1. The molecule has 0 aliphatic carbocycles. The summed E-state index contributed by atoms with van der Waals surface area (Å²) in [4.78, 5) is 11.8. The lowest BCUT2D eigenvalue weighted by molar-refractivity contribution is -0.121. The van der Waals surface area contributed by atoms with E-state index in [-0.39, 0.29) is 24.9 Å². The maximum Gasteiger partial charge on any atom is 0.240 e. The molecule has 32 heavy (non-hydrogen) atoms. The first kappa shape index (κ1) is 25.5. The Morgan fingerprint density at radius 1 is 1.03 bits per heavy atom. The Morgan fingerprint density at radius 2 is 1.75 bits per heavy atom. The van der Waals surface area contributed by atoms with Crippen LogP contribution >= 0.6 is 0 Å². The third kappa shape index (κ3) is 7.16. The summed E-state index contributed by atoms with van der Waals surface area (Å²) in [5, 5.41) is 2.78. The molecule has 0 saturated carbocycles. The fraction of sp³-hybridized carbons (Fsp3) is 0.409. The number of benzene rings is 2. The minimum atomic E-state index is -4.07.